The van der Waals surface area contributed by atoms with Crippen LogP contribution in [0.25, 0.3) is 5.57 Å². The Morgan fingerprint density at radius 2 is 1.52 bits per heavy atom. The molecule has 0 atom stereocenters. The molecule has 234 valence electrons. The van der Waals surface area contributed by atoms with Crippen LogP contribution in [0.2, 0.25) is 0 Å². The van der Waals surface area contributed by atoms with Crippen molar-refractivity contribution in [3.63, 3.8) is 0 Å². The van der Waals surface area contributed by atoms with E-state index < -0.39 is 6.18 Å². The standard InChI is InChI=1S/C22H31N3O2.C8H10.C2H3F3.C2H6/c1-8-10-19(18-13-24-25(15-18)11-12-27-7)22(17(5)6)20(16(3)4)14-23-21(26)9-2;1-7-3-5-8(2)6-4-7;1-2(3,4)5;1-2/h8-10,13,15H,1-2,11-12,14H2,3-7H3,(H,23,26);3-6H,1-2H3;1H3;1-2H3/b19-10-;;;. The molecule has 0 unspecified atom stereocenters. The molecule has 42 heavy (non-hydrogen) atoms. The van der Waals surface area contributed by atoms with E-state index in [4.69, 9.17) is 4.74 Å². The topological polar surface area (TPSA) is 56.2 Å². The van der Waals surface area contributed by atoms with Crippen LogP contribution in [0.4, 0.5) is 13.2 Å². The number of nitrogens with zero attached hydrogens (tertiary/aromatic N) is 2. The third-order valence-electron chi connectivity index (χ3n) is 5.27. The molecule has 0 bridgehead atoms. The lowest BCUT2D eigenvalue weighted by molar-refractivity contribution is -0.116. The first-order chi connectivity index (χ1) is 19.6. The van der Waals surface area contributed by atoms with Crippen molar-refractivity contribution in [2.75, 3.05) is 20.3 Å². The smallest absolute Gasteiger partial charge is 0.383 e. The number of aryl methyl sites for hydroxylation is 2. The second kappa shape index (κ2) is 22.0. The minimum absolute atomic E-state index is 0.188. The Morgan fingerprint density at radius 1 is 1.02 bits per heavy atom. The van der Waals surface area contributed by atoms with Crippen LogP contribution in [-0.2, 0) is 16.1 Å². The zero-order chi connectivity index (χ0) is 32.9. The number of halogens is 3. The summed E-state index contributed by atoms with van der Waals surface area (Å²) in [5.74, 6) is -0.191. The third-order valence-corrected chi connectivity index (χ3v) is 5.27. The fourth-order valence-corrected chi connectivity index (χ4v) is 3.38. The van der Waals surface area contributed by atoms with Crippen LogP contribution in [-0.4, -0.2) is 42.1 Å². The Balaban J connectivity index is 0. The average Bonchev–Trinajstić information content (AvgIpc) is 3.39. The molecule has 5 nitrogen and oxygen atoms in total. The fraction of sp³-hybridized carbons (Fsp3) is 0.412. The van der Waals surface area contributed by atoms with Gasteiger partial charge in [-0.15, -0.1) is 0 Å². The van der Waals surface area contributed by atoms with Crippen LogP contribution in [0.3, 0.4) is 0 Å². The largest absolute Gasteiger partial charge is 0.386 e. The zero-order valence-corrected chi connectivity index (χ0v) is 27.1. The molecular weight excluding hydrogens is 539 g/mol. The van der Waals surface area contributed by atoms with Crippen molar-refractivity contribution in [3.05, 3.63) is 107 Å². The zero-order valence-electron chi connectivity index (χ0n) is 27.1. The van der Waals surface area contributed by atoms with E-state index in [2.05, 4.69) is 75.5 Å². The summed E-state index contributed by atoms with van der Waals surface area (Å²) in [6.07, 6.45) is 4.89. The first-order valence-electron chi connectivity index (χ1n) is 13.8. The number of hydrogen-bond donors (Lipinski definition) is 1. The van der Waals surface area contributed by atoms with Crippen molar-refractivity contribution in [2.45, 2.75) is 75.0 Å². The number of methoxy groups -OCH3 is 1. The van der Waals surface area contributed by atoms with Gasteiger partial charge in [0.2, 0.25) is 5.91 Å². The SMILES string of the molecule is C=C/C=C(\C(=C(C)C)C(CNC(=O)C=C)=C(C)C)c1cnn(CCOC)c1.CC.CC(F)(F)F.Cc1ccc(C)cc1. The second-order valence-electron chi connectivity index (χ2n) is 9.51. The molecule has 2 rings (SSSR count). The molecule has 0 saturated heterocycles. The number of aromatic nitrogens is 2. The molecule has 2 aromatic rings. The number of benzene rings is 1. The average molecular weight is 590 g/mol. The molecular formula is C34H50F3N3O2. The lowest BCUT2D eigenvalue weighted by Gasteiger charge is -2.19. The number of ether oxygens (including phenoxy) is 1. The van der Waals surface area contributed by atoms with Crippen LogP contribution in [0.1, 0.15) is 65.2 Å². The molecule has 0 aliphatic carbocycles. The quantitative estimate of drug-likeness (QED) is 0.222. The van der Waals surface area contributed by atoms with E-state index in [9.17, 15) is 18.0 Å². The first-order valence-corrected chi connectivity index (χ1v) is 13.8. The Bertz CT molecular complexity index is 1150. The Hall–Kier alpha value is -3.65. The van der Waals surface area contributed by atoms with E-state index in [1.807, 2.05) is 50.8 Å². The van der Waals surface area contributed by atoms with Crippen molar-refractivity contribution in [3.8, 4) is 0 Å². The molecule has 0 spiro atoms. The number of rotatable bonds is 10. The number of hydrogen-bond acceptors (Lipinski definition) is 3. The lowest BCUT2D eigenvalue weighted by Crippen LogP contribution is -2.24. The van der Waals surface area contributed by atoms with E-state index in [0.29, 0.717) is 19.7 Å². The van der Waals surface area contributed by atoms with Crippen molar-refractivity contribution >= 4 is 11.5 Å². The molecule has 0 saturated carbocycles. The van der Waals surface area contributed by atoms with E-state index in [1.165, 1.54) is 17.2 Å². The number of alkyl halides is 3. The van der Waals surface area contributed by atoms with Crippen molar-refractivity contribution in [1.29, 1.82) is 0 Å². The number of carbonyl (C=O) groups is 1. The van der Waals surface area contributed by atoms with E-state index in [1.54, 1.807) is 13.2 Å². The highest BCUT2D eigenvalue weighted by molar-refractivity contribution is 5.88. The molecule has 0 aliphatic rings. The maximum absolute atomic E-state index is 11.7. The summed E-state index contributed by atoms with van der Waals surface area (Å²) in [6.45, 7) is 25.7. The predicted molar refractivity (Wildman–Crippen MR) is 171 cm³/mol. The van der Waals surface area contributed by atoms with E-state index >= 15 is 0 Å². The van der Waals surface area contributed by atoms with Gasteiger partial charge in [-0.3, -0.25) is 9.48 Å². The summed E-state index contributed by atoms with van der Waals surface area (Å²) < 4.78 is 38.1. The molecule has 1 aromatic heterocycles. The lowest BCUT2D eigenvalue weighted by atomic mass is 9.88. The van der Waals surface area contributed by atoms with E-state index in [-0.39, 0.29) is 12.8 Å². The van der Waals surface area contributed by atoms with Gasteiger partial charge >= 0.3 is 6.18 Å². The van der Waals surface area contributed by atoms with Gasteiger partial charge in [0, 0.05) is 32.3 Å². The maximum Gasteiger partial charge on any atom is 0.386 e. The second-order valence-corrected chi connectivity index (χ2v) is 9.51. The van der Waals surface area contributed by atoms with Gasteiger partial charge in [-0.05, 0) is 64.3 Å². The van der Waals surface area contributed by atoms with Crippen LogP contribution in [0.15, 0.2) is 90.3 Å². The van der Waals surface area contributed by atoms with Crippen LogP contribution in [0.5, 0.6) is 0 Å². The first kappa shape index (κ1) is 40.5. The minimum atomic E-state index is -4.00. The van der Waals surface area contributed by atoms with Gasteiger partial charge in [0.15, 0.2) is 0 Å². The summed E-state index contributed by atoms with van der Waals surface area (Å²) in [7, 11) is 1.67. The number of allylic oxidation sites excluding steroid dienone is 5. The molecule has 1 N–H and O–H groups in total. The summed E-state index contributed by atoms with van der Waals surface area (Å²) >= 11 is 0. The Labute approximate surface area is 251 Å². The highest BCUT2D eigenvalue weighted by atomic mass is 19.4. The number of amides is 1. The van der Waals surface area contributed by atoms with Crippen molar-refractivity contribution in [2.24, 2.45) is 0 Å². The summed E-state index contributed by atoms with van der Waals surface area (Å²) in [5, 5.41) is 7.32. The van der Waals surface area contributed by atoms with E-state index in [0.717, 1.165) is 33.4 Å². The fourth-order valence-electron chi connectivity index (χ4n) is 3.38. The van der Waals surface area contributed by atoms with Gasteiger partial charge < -0.3 is 10.1 Å². The van der Waals surface area contributed by atoms with Crippen LogP contribution >= 0.6 is 0 Å². The van der Waals surface area contributed by atoms with Crippen molar-refractivity contribution in [1.82, 2.24) is 15.1 Å². The van der Waals surface area contributed by atoms with Gasteiger partial charge in [0.25, 0.3) is 0 Å². The maximum atomic E-state index is 11.7. The molecule has 1 heterocycles. The number of nitrogens with one attached hydrogen (secondary N) is 1. The van der Waals surface area contributed by atoms with Gasteiger partial charge in [-0.2, -0.15) is 18.3 Å². The predicted octanol–water partition coefficient (Wildman–Crippen LogP) is 8.97. The minimum Gasteiger partial charge on any atom is -0.383 e. The van der Waals surface area contributed by atoms with Gasteiger partial charge in [0.1, 0.15) is 0 Å². The summed E-state index contributed by atoms with van der Waals surface area (Å²) in [5.41, 5.74) is 9.13. The van der Waals surface area contributed by atoms with Crippen LogP contribution in [0, 0.1) is 13.8 Å². The Kier molecular flexibility index (Phi) is 21.2. The molecule has 0 radical (unpaired) electrons. The molecule has 1 amide bonds. The van der Waals surface area contributed by atoms with Crippen molar-refractivity contribution < 1.29 is 22.7 Å². The highest BCUT2D eigenvalue weighted by Gasteiger charge is 2.18. The molecule has 0 aliphatic heterocycles. The Morgan fingerprint density at radius 3 is 1.90 bits per heavy atom. The normalized spacial score (nSPS) is 10.4. The molecule has 0 fully saturated rings. The monoisotopic (exact) mass is 589 g/mol. The highest BCUT2D eigenvalue weighted by Crippen LogP contribution is 2.32. The van der Waals surface area contributed by atoms with Crippen LogP contribution < -0.4 is 5.32 Å². The van der Waals surface area contributed by atoms with Gasteiger partial charge in [0.05, 0.1) is 19.3 Å². The van der Waals surface area contributed by atoms with Gasteiger partial charge in [-0.25, -0.2) is 0 Å². The van der Waals surface area contributed by atoms with Gasteiger partial charge in [-0.1, -0.05) is 85.7 Å². The number of carbonyl (C=O) groups excluding carboxylic acids is 1. The molecule has 1 aromatic carbocycles. The summed E-state index contributed by atoms with van der Waals surface area (Å²) in [6, 6.07) is 8.48. The third kappa shape index (κ3) is 18.7. The molecule has 8 heteroatoms. The summed E-state index contributed by atoms with van der Waals surface area (Å²) in [4.78, 5) is 11.7.